The molecule has 0 aromatic heterocycles. The van der Waals surface area contributed by atoms with Gasteiger partial charge in [-0.15, -0.1) is 11.6 Å². The molecule has 0 radical (unpaired) electrons. The van der Waals surface area contributed by atoms with Gasteiger partial charge in [0.05, 0.1) is 0 Å². The molecule has 3 rings (SSSR count). The van der Waals surface area contributed by atoms with Crippen LogP contribution in [-0.4, -0.2) is 0 Å². The Hall–Kier alpha value is 0.955. The summed E-state index contributed by atoms with van der Waals surface area (Å²) in [5, 5.41) is 0. The number of hydrogen-bond donors (Lipinski definition) is 0. The van der Waals surface area contributed by atoms with Gasteiger partial charge in [-0.2, -0.15) is 18.2 Å². The maximum atomic E-state index is 13.6. The van der Waals surface area contributed by atoms with Gasteiger partial charge >= 0.3 is 58.2 Å². The van der Waals surface area contributed by atoms with Gasteiger partial charge in [0.1, 0.15) is 0 Å². The molecule has 2 heteroatoms. The van der Waals surface area contributed by atoms with Gasteiger partial charge in [0.15, 0.2) is 0 Å². The van der Waals surface area contributed by atoms with Gasteiger partial charge in [-0.05, 0) is 62.2 Å². The second-order valence-corrected chi connectivity index (χ2v) is 7.86. The van der Waals surface area contributed by atoms with Gasteiger partial charge in [0, 0.05) is 5.82 Å². The molecule has 2 aliphatic rings. The standard InChI is InChI=1S/C21H30F.Rb/c1-16-6-11-18(12-7-16)19-13-8-17(9-14-19)10-15-20-4-2-3-5-21(20)22;/h2,4-5,16-19H,6-15H2,1H3;/q-1;+1. The van der Waals surface area contributed by atoms with Crippen molar-refractivity contribution in [3.05, 3.63) is 35.6 Å². The van der Waals surface area contributed by atoms with Crippen LogP contribution in [0.1, 0.15) is 70.3 Å². The maximum Gasteiger partial charge on any atom is 1.00 e. The summed E-state index contributed by atoms with van der Waals surface area (Å²) in [4.78, 5) is 0. The molecule has 0 amide bonds. The molecule has 2 fully saturated rings. The van der Waals surface area contributed by atoms with Gasteiger partial charge in [0.2, 0.25) is 0 Å². The van der Waals surface area contributed by atoms with Gasteiger partial charge in [-0.1, -0.05) is 32.6 Å². The molecule has 1 aromatic carbocycles. The van der Waals surface area contributed by atoms with Gasteiger partial charge in [0.25, 0.3) is 0 Å². The van der Waals surface area contributed by atoms with E-state index in [1.54, 1.807) is 0 Å². The predicted molar refractivity (Wildman–Crippen MR) is 90.1 cm³/mol. The topological polar surface area (TPSA) is 0 Å². The van der Waals surface area contributed by atoms with Crippen molar-refractivity contribution < 1.29 is 62.6 Å². The first-order valence-electron chi connectivity index (χ1n) is 9.37. The van der Waals surface area contributed by atoms with Crippen molar-refractivity contribution in [2.45, 2.75) is 71.1 Å². The fourth-order valence-electron chi connectivity index (χ4n) is 4.71. The quantitative estimate of drug-likeness (QED) is 0.697. The fraction of sp³-hybridized carbons (Fsp3) is 0.714. The average Bonchev–Trinajstić information content (AvgIpc) is 2.55. The third kappa shape index (κ3) is 6.01. The number of hydrogen-bond acceptors (Lipinski definition) is 0. The van der Waals surface area contributed by atoms with E-state index >= 15 is 0 Å². The Bertz CT molecular complexity index is 457. The van der Waals surface area contributed by atoms with Crippen molar-refractivity contribution in [1.29, 1.82) is 0 Å². The van der Waals surface area contributed by atoms with E-state index in [2.05, 4.69) is 13.0 Å². The first-order chi connectivity index (χ1) is 10.7. The van der Waals surface area contributed by atoms with Crippen molar-refractivity contribution in [1.82, 2.24) is 0 Å². The van der Waals surface area contributed by atoms with Gasteiger partial charge < -0.3 is 0 Å². The molecule has 0 saturated heterocycles. The van der Waals surface area contributed by atoms with Crippen LogP contribution in [0.15, 0.2) is 18.2 Å². The summed E-state index contributed by atoms with van der Waals surface area (Å²) in [7, 11) is 0. The molecule has 0 bridgehead atoms. The zero-order valence-electron chi connectivity index (χ0n) is 15.0. The number of aryl methyl sites for hydroxylation is 1. The number of benzene rings is 1. The molecule has 0 atom stereocenters. The summed E-state index contributed by atoms with van der Waals surface area (Å²) in [6.07, 6.45) is 13.5. The Morgan fingerprint density at radius 1 is 1.00 bits per heavy atom. The SMILES string of the molecule is CC1CCC(C2CCC(CCc3cc[c-]cc3F)CC2)CC1.[Rb+]. The van der Waals surface area contributed by atoms with E-state index in [0.717, 1.165) is 42.1 Å². The molecular weight excluding hydrogens is 357 g/mol. The summed E-state index contributed by atoms with van der Waals surface area (Å²) in [5.41, 5.74) is 0.877. The van der Waals surface area contributed by atoms with Crippen LogP contribution in [0.25, 0.3) is 0 Å². The Balaban J connectivity index is 0.00000192. The van der Waals surface area contributed by atoms with Crippen LogP contribution in [0, 0.1) is 35.6 Å². The van der Waals surface area contributed by atoms with E-state index in [1.807, 2.05) is 12.1 Å². The minimum Gasteiger partial charge on any atom is -0.284 e. The molecule has 0 nitrogen and oxygen atoms in total. The van der Waals surface area contributed by atoms with Gasteiger partial charge in [-0.25, -0.2) is 0 Å². The summed E-state index contributed by atoms with van der Waals surface area (Å²) < 4.78 is 13.6. The second kappa shape index (κ2) is 10.2. The van der Waals surface area contributed by atoms with Crippen molar-refractivity contribution >= 4 is 0 Å². The molecule has 0 unspecified atom stereocenters. The van der Waals surface area contributed by atoms with E-state index < -0.39 is 0 Å². The molecule has 0 aliphatic heterocycles. The number of halogens is 1. The predicted octanol–water partition coefficient (Wildman–Crippen LogP) is 3.20. The monoisotopic (exact) mass is 386 g/mol. The summed E-state index contributed by atoms with van der Waals surface area (Å²) in [6.45, 7) is 2.41. The van der Waals surface area contributed by atoms with Crippen molar-refractivity contribution in [3.8, 4) is 0 Å². The van der Waals surface area contributed by atoms with E-state index in [9.17, 15) is 4.39 Å². The average molecular weight is 387 g/mol. The normalized spacial score (nSPS) is 31.4. The summed E-state index contributed by atoms with van der Waals surface area (Å²) >= 11 is 0. The number of rotatable bonds is 4. The van der Waals surface area contributed by atoms with Crippen LogP contribution >= 0.6 is 0 Å². The molecule has 0 spiro atoms. The molecular formula is C21H30FRb. The van der Waals surface area contributed by atoms with Crippen molar-refractivity contribution in [2.24, 2.45) is 23.7 Å². The summed E-state index contributed by atoms with van der Waals surface area (Å²) in [6, 6.07) is 8.00. The Kier molecular flexibility index (Phi) is 8.98. The molecule has 0 N–H and O–H groups in total. The van der Waals surface area contributed by atoms with Crippen molar-refractivity contribution in [3.63, 3.8) is 0 Å². The third-order valence-corrected chi connectivity index (χ3v) is 6.34. The molecule has 0 heterocycles. The van der Waals surface area contributed by atoms with E-state index in [4.69, 9.17) is 0 Å². The van der Waals surface area contributed by atoms with Crippen LogP contribution in [0.5, 0.6) is 0 Å². The van der Waals surface area contributed by atoms with Crippen LogP contribution in [0.3, 0.4) is 0 Å². The van der Waals surface area contributed by atoms with Crippen LogP contribution < -0.4 is 58.2 Å². The minimum absolute atomic E-state index is 0. The van der Waals surface area contributed by atoms with Crippen molar-refractivity contribution in [2.75, 3.05) is 0 Å². The molecule has 23 heavy (non-hydrogen) atoms. The second-order valence-electron chi connectivity index (χ2n) is 7.86. The van der Waals surface area contributed by atoms with E-state index in [-0.39, 0.29) is 64.0 Å². The first kappa shape index (κ1) is 20.3. The zero-order valence-corrected chi connectivity index (χ0v) is 19.9. The molecule has 1 aromatic rings. The maximum absolute atomic E-state index is 13.6. The smallest absolute Gasteiger partial charge is 0.284 e. The third-order valence-electron chi connectivity index (χ3n) is 6.34. The Labute approximate surface area is 190 Å². The molecule has 122 valence electrons. The van der Waals surface area contributed by atoms with Gasteiger partial charge in [-0.3, -0.25) is 4.39 Å². The van der Waals surface area contributed by atoms with Crippen LogP contribution in [0.4, 0.5) is 4.39 Å². The fourth-order valence-corrected chi connectivity index (χ4v) is 4.71. The van der Waals surface area contributed by atoms with E-state index in [1.165, 1.54) is 57.4 Å². The van der Waals surface area contributed by atoms with E-state index in [0.29, 0.717) is 0 Å². The Morgan fingerprint density at radius 2 is 1.61 bits per heavy atom. The first-order valence-corrected chi connectivity index (χ1v) is 9.37. The largest absolute Gasteiger partial charge is 1.00 e. The molecule has 2 aliphatic carbocycles. The van der Waals surface area contributed by atoms with Crippen LogP contribution in [-0.2, 0) is 6.42 Å². The molecule has 2 saturated carbocycles. The minimum atomic E-state index is -0.0764. The van der Waals surface area contributed by atoms with Crippen LogP contribution in [0.2, 0.25) is 0 Å². The Morgan fingerprint density at radius 3 is 2.22 bits per heavy atom. The zero-order chi connectivity index (χ0) is 15.4. The summed E-state index contributed by atoms with van der Waals surface area (Å²) in [5.74, 6) is 3.71.